The molecular weight excluding hydrogens is 244 g/mol. The number of rotatable bonds is 2. The van der Waals surface area contributed by atoms with Gasteiger partial charge in [0.1, 0.15) is 0 Å². The Balaban J connectivity index is 1.86. The van der Waals surface area contributed by atoms with Crippen molar-refractivity contribution in [2.45, 2.75) is 5.50 Å². The molecule has 0 radical (unpaired) electrons. The smallest absolute Gasteiger partial charge is 0.192 e. The number of thiol groups is 1. The van der Waals surface area contributed by atoms with E-state index in [0.717, 1.165) is 11.4 Å². The van der Waals surface area contributed by atoms with Crippen LogP contribution in [-0.2, 0) is 0 Å². The molecule has 0 fully saturated rings. The van der Waals surface area contributed by atoms with Crippen LogP contribution >= 0.6 is 12.6 Å². The Bertz CT molecular complexity index is 494. The van der Waals surface area contributed by atoms with E-state index in [1.807, 2.05) is 60.7 Å². The van der Waals surface area contributed by atoms with Crippen LogP contribution in [-0.4, -0.2) is 5.50 Å². The summed E-state index contributed by atoms with van der Waals surface area (Å²) in [5, 5.41) is 11.9. The highest BCUT2D eigenvalue weighted by molar-refractivity contribution is 7.81. The fourth-order valence-corrected chi connectivity index (χ4v) is 2.17. The molecule has 1 heterocycles. The van der Waals surface area contributed by atoms with E-state index in [9.17, 15) is 0 Å². The zero-order valence-electron chi connectivity index (χ0n) is 9.59. The van der Waals surface area contributed by atoms with Crippen molar-refractivity contribution in [2.75, 3.05) is 10.0 Å². The molecule has 2 aromatic rings. The lowest BCUT2D eigenvalue weighted by molar-refractivity contribution is 0.847. The molecule has 0 bridgehead atoms. The van der Waals surface area contributed by atoms with Gasteiger partial charge in [-0.15, -0.1) is 12.6 Å². The Morgan fingerprint density at radius 3 is 1.50 bits per heavy atom. The summed E-state index contributed by atoms with van der Waals surface area (Å²) < 4.78 is 0. The molecule has 0 spiro atoms. The Morgan fingerprint density at radius 1 is 0.722 bits per heavy atom. The van der Waals surface area contributed by atoms with Gasteiger partial charge in [-0.3, -0.25) is 0 Å². The first-order valence-electron chi connectivity index (χ1n) is 5.64. The Morgan fingerprint density at radius 2 is 1.11 bits per heavy atom. The van der Waals surface area contributed by atoms with Crippen molar-refractivity contribution in [1.82, 2.24) is 0 Å². The third kappa shape index (κ3) is 1.93. The van der Waals surface area contributed by atoms with E-state index in [1.54, 1.807) is 10.0 Å². The fraction of sp³-hybridized carbons (Fsp3) is 0.0769. The van der Waals surface area contributed by atoms with Crippen molar-refractivity contribution in [1.29, 1.82) is 0 Å². The zero-order valence-corrected chi connectivity index (χ0v) is 10.5. The van der Waals surface area contributed by atoms with Crippen molar-refractivity contribution >= 4 is 24.0 Å². The molecule has 0 unspecified atom stereocenters. The van der Waals surface area contributed by atoms with E-state index in [1.165, 1.54) is 0 Å². The first-order valence-corrected chi connectivity index (χ1v) is 6.16. The molecule has 1 aliphatic rings. The number of anilines is 2. The highest BCUT2D eigenvalue weighted by Crippen LogP contribution is 2.30. The number of benzene rings is 2. The molecule has 4 nitrogen and oxygen atoms in total. The van der Waals surface area contributed by atoms with Crippen molar-refractivity contribution in [3.05, 3.63) is 60.7 Å². The standard InChI is InChI=1S/C13H12N4S/c18-13-16(11-7-3-1-4-8-11)14-15-17(13)12-9-5-2-6-10-12/h1-10,13,18H. The monoisotopic (exact) mass is 256 g/mol. The van der Waals surface area contributed by atoms with E-state index in [0.29, 0.717) is 0 Å². The summed E-state index contributed by atoms with van der Waals surface area (Å²) in [4.78, 5) is 0. The third-order valence-corrected chi connectivity index (χ3v) is 3.15. The number of hydrogen-bond acceptors (Lipinski definition) is 5. The maximum absolute atomic E-state index is 4.57. The van der Waals surface area contributed by atoms with Crippen LogP contribution in [0, 0.1) is 0 Å². The minimum absolute atomic E-state index is 0.227. The normalized spacial score (nSPS) is 15.4. The van der Waals surface area contributed by atoms with Crippen molar-refractivity contribution in [3.8, 4) is 0 Å². The number of para-hydroxylation sites is 2. The van der Waals surface area contributed by atoms with Crippen LogP contribution in [0.25, 0.3) is 0 Å². The van der Waals surface area contributed by atoms with E-state index in [-0.39, 0.29) is 5.50 Å². The van der Waals surface area contributed by atoms with Crippen molar-refractivity contribution in [2.24, 2.45) is 10.4 Å². The average Bonchev–Trinajstić information content (AvgIpc) is 2.83. The molecule has 0 aromatic heterocycles. The van der Waals surface area contributed by atoms with E-state index >= 15 is 0 Å². The number of nitrogens with zero attached hydrogens (tertiary/aromatic N) is 4. The predicted molar refractivity (Wildman–Crippen MR) is 75.5 cm³/mol. The van der Waals surface area contributed by atoms with Gasteiger partial charge < -0.3 is 0 Å². The Hall–Kier alpha value is -2.01. The summed E-state index contributed by atoms with van der Waals surface area (Å²) in [7, 11) is 0. The summed E-state index contributed by atoms with van der Waals surface area (Å²) in [6.45, 7) is 0. The second-order valence-corrected chi connectivity index (χ2v) is 4.35. The lowest BCUT2D eigenvalue weighted by Gasteiger charge is -2.23. The zero-order chi connectivity index (χ0) is 12.4. The SMILES string of the molecule is SC1N(c2ccccc2)N=NN1c1ccccc1. The molecule has 0 saturated heterocycles. The summed E-state index contributed by atoms with van der Waals surface area (Å²) in [5.41, 5.74) is 1.72. The average molecular weight is 256 g/mol. The molecule has 18 heavy (non-hydrogen) atoms. The van der Waals surface area contributed by atoms with Crippen LogP contribution in [0.2, 0.25) is 0 Å². The number of hydrogen-bond donors (Lipinski definition) is 1. The molecule has 0 saturated carbocycles. The van der Waals surface area contributed by atoms with Crippen molar-refractivity contribution < 1.29 is 0 Å². The molecule has 0 atom stereocenters. The summed E-state index contributed by atoms with van der Waals surface area (Å²) >= 11 is 4.57. The van der Waals surface area contributed by atoms with E-state index in [4.69, 9.17) is 0 Å². The fourth-order valence-electron chi connectivity index (χ4n) is 1.81. The van der Waals surface area contributed by atoms with Gasteiger partial charge in [0.05, 0.1) is 11.4 Å². The highest BCUT2D eigenvalue weighted by atomic mass is 32.1. The molecule has 90 valence electrons. The first-order chi connectivity index (χ1) is 8.86. The lowest BCUT2D eigenvalue weighted by atomic mass is 10.3. The minimum atomic E-state index is -0.227. The van der Waals surface area contributed by atoms with Crippen LogP contribution in [0.3, 0.4) is 0 Å². The second-order valence-electron chi connectivity index (χ2n) is 3.89. The van der Waals surface area contributed by atoms with Crippen LogP contribution in [0.5, 0.6) is 0 Å². The molecule has 0 amide bonds. The summed E-state index contributed by atoms with van der Waals surface area (Å²) in [6.07, 6.45) is 0. The lowest BCUT2D eigenvalue weighted by Crippen LogP contribution is -2.33. The van der Waals surface area contributed by atoms with Gasteiger partial charge in [-0.25, -0.2) is 10.0 Å². The van der Waals surface area contributed by atoms with Crippen LogP contribution < -0.4 is 10.0 Å². The molecule has 0 N–H and O–H groups in total. The van der Waals surface area contributed by atoms with Gasteiger partial charge >= 0.3 is 0 Å². The van der Waals surface area contributed by atoms with Crippen LogP contribution in [0.4, 0.5) is 11.4 Å². The maximum Gasteiger partial charge on any atom is 0.192 e. The van der Waals surface area contributed by atoms with Gasteiger partial charge in [0, 0.05) is 0 Å². The van der Waals surface area contributed by atoms with Gasteiger partial charge in [0.25, 0.3) is 0 Å². The summed E-state index contributed by atoms with van der Waals surface area (Å²) in [6, 6.07) is 19.7. The first kappa shape index (κ1) is 11.1. The van der Waals surface area contributed by atoms with Gasteiger partial charge in [-0.1, -0.05) is 36.4 Å². The van der Waals surface area contributed by atoms with E-state index < -0.39 is 0 Å². The third-order valence-electron chi connectivity index (χ3n) is 2.71. The Labute approximate surface area is 111 Å². The van der Waals surface area contributed by atoms with Crippen molar-refractivity contribution in [3.63, 3.8) is 0 Å². The molecule has 5 heteroatoms. The minimum Gasteiger partial charge on any atom is -0.211 e. The Kier molecular flexibility index (Phi) is 2.90. The largest absolute Gasteiger partial charge is 0.211 e. The highest BCUT2D eigenvalue weighted by Gasteiger charge is 2.28. The van der Waals surface area contributed by atoms with Gasteiger partial charge in [0.2, 0.25) is 0 Å². The van der Waals surface area contributed by atoms with Gasteiger partial charge in [-0.2, -0.15) is 0 Å². The molecular formula is C13H12N4S. The molecule has 1 aliphatic heterocycles. The van der Waals surface area contributed by atoms with Gasteiger partial charge in [-0.05, 0) is 34.7 Å². The van der Waals surface area contributed by atoms with E-state index in [2.05, 4.69) is 23.1 Å². The summed E-state index contributed by atoms with van der Waals surface area (Å²) in [5.74, 6) is 0. The topological polar surface area (TPSA) is 31.2 Å². The predicted octanol–water partition coefficient (Wildman–Crippen LogP) is 3.51. The maximum atomic E-state index is 4.57. The van der Waals surface area contributed by atoms with Crippen LogP contribution in [0.1, 0.15) is 0 Å². The quantitative estimate of drug-likeness (QED) is 0.834. The molecule has 2 aromatic carbocycles. The molecule has 3 rings (SSSR count). The molecule has 0 aliphatic carbocycles. The van der Waals surface area contributed by atoms with Crippen LogP contribution in [0.15, 0.2) is 71.1 Å². The second kappa shape index (κ2) is 4.70. The van der Waals surface area contributed by atoms with Gasteiger partial charge in [0.15, 0.2) is 5.50 Å².